The number of carbonyl (C=O) groups is 1. The van der Waals surface area contributed by atoms with E-state index < -0.39 is 6.04 Å². The lowest BCUT2D eigenvalue weighted by Crippen LogP contribution is -2.40. The number of hydrogen-bond acceptors (Lipinski definition) is 2. The molecule has 0 bridgehead atoms. The molecule has 0 aliphatic rings. The van der Waals surface area contributed by atoms with E-state index in [0.29, 0.717) is 10.7 Å². The van der Waals surface area contributed by atoms with Gasteiger partial charge in [0.05, 0.1) is 21.8 Å². The molecule has 0 spiro atoms. The van der Waals surface area contributed by atoms with E-state index in [1.807, 2.05) is 13.8 Å². The highest BCUT2D eigenvalue weighted by atomic mass is 35.5. The summed E-state index contributed by atoms with van der Waals surface area (Å²) in [6.45, 7) is 3.88. The Hall–Kier alpha value is -0.480. The average molecular weight is 310 g/mol. The zero-order valence-electron chi connectivity index (χ0n) is 10.1. The molecule has 18 heavy (non-hydrogen) atoms. The van der Waals surface area contributed by atoms with E-state index in [2.05, 4.69) is 5.32 Å². The predicted octanol–water partition coefficient (Wildman–Crippen LogP) is 3.96. The van der Waals surface area contributed by atoms with E-state index in [4.69, 9.17) is 40.5 Å². The van der Waals surface area contributed by atoms with Crippen LogP contribution in [0.15, 0.2) is 12.1 Å². The maximum absolute atomic E-state index is 11.9. The minimum atomic E-state index is -0.599. The van der Waals surface area contributed by atoms with Crippen LogP contribution in [0.3, 0.4) is 0 Å². The molecule has 1 amide bonds. The molecule has 0 heterocycles. The van der Waals surface area contributed by atoms with Gasteiger partial charge in [0.1, 0.15) is 0 Å². The van der Waals surface area contributed by atoms with Gasteiger partial charge >= 0.3 is 0 Å². The number of carbonyl (C=O) groups excluding carboxylic acids is 1. The van der Waals surface area contributed by atoms with Crippen molar-refractivity contribution in [3.63, 3.8) is 0 Å². The number of rotatable bonds is 4. The summed E-state index contributed by atoms with van der Waals surface area (Å²) in [6.07, 6.45) is 0.816. The average Bonchev–Trinajstić information content (AvgIpc) is 2.31. The van der Waals surface area contributed by atoms with Crippen LogP contribution >= 0.6 is 34.8 Å². The summed E-state index contributed by atoms with van der Waals surface area (Å²) in [6, 6.07) is 2.43. The van der Waals surface area contributed by atoms with Gasteiger partial charge in [-0.05, 0) is 18.1 Å². The number of nitrogens with one attached hydrogen (secondary N) is 1. The van der Waals surface area contributed by atoms with E-state index in [9.17, 15) is 4.79 Å². The molecule has 1 aromatic rings. The van der Waals surface area contributed by atoms with Gasteiger partial charge in [0.2, 0.25) is 5.91 Å². The van der Waals surface area contributed by atoms with Crippen molar-refractivity contribution in [2.45, 2.75) is 26.3 Å². The Morgan fingerprint density at radius 2 is 1.83 bits per heavy atom. The smallest absolute Gasteiger partial charge is 0.241 e. The van der Waals surface area contributed by atoms with Crippen molar-refractivity contribution < 1.29 is 4.79 Å². The minimum Gasteiger partial charge on any atom is -0.322 e. The largest absolute Gasteiger partial charge is 0.322 e. The van der Waals surface area contributed by atoms with Gasteiger partial charge in [-0.3, -0.25) is 4.79 Å². The highest BCUT2D eigenvalue weighted by Gasteiger charge is 2.21. The monoisotopic (exact) mass is 308 g/mol. The summed E-state index contributed by atoms with van der Waals surface area (Å²) in [5, 5.41) is 3.62. The molecule has 0 aliphatic carbocycles. The summed E-state index contributed by atoms with van der Waals surface area (Å²) in [5.41, 5.74) is 6.16. The Bertz CT molecular complexity index is 428. The molecule has 0 fully saturated rings. The summed E-state index contributed by atoms with van der Waals surface area (Å²) in [7, 11) is 0. The number of amides is 1. The maximum Gasteiger partial charge on any atom is 0.241 e. The Labute approximate surface area is 122 Å². The van der Waals surface area contributed by atoms with Crippen molar-refractivity contribution in [1.29, 1.82) is 0 Å². The van der Waals surface area contributed by atoms with Crippen molar-refractivity contribution >= 4 is 46.4 Å². The predicted molar refractivity (Wildman–Crippen MR) is 77.5 cm³/mol. The van der Waals surface area contributed by atoms with Crippen LogP contribution in [0.4, 0.5) is 5.69 Å². The topological polar surface area (TPSA) is 55.1 Å². The van der Waals surface area contributed by atoms with Crippen LogP contribution < -0.4 is 11.1 Å². The summed E-state index contributed by atoms with van der Waals surface area (Å²) >= 11 is 17.7. The van der Waals surface area contributed by atoms with Crippen molar-refractivity contribution in [3.05, 3.63) is 27.2 Å². The first-order valence-electron chi connectivity index (χ1n) is 5.57. The third kappa shape index (κ3) is 3.75. The molecule has 1 aromatic carbocycles. The zero-order valence-corrected chi connectivity index (χ0v) is 12.4. The fourth-order valence-corrected chi connectivity index (χ4v) is 2.29. The molecule has 3 nitrogen and oxygen atoms in total. The maximum atomic E-state index is 11.9. The van der Waals surface area contributed by atoms with Crippen molar-refractivity contribution in [2.75, 3.05) is 5.32 Å². The fourth-order valence-electron chi connectivity index (χ4n) is 1.38. The summed E-state index contributed by atoms with van der Waals surface area (Å²) < 4.78 is 0. The van der Waals surface area contributed by atoms with Crippen LogP contribution in [0.5, 0.6) is 0 Å². The summed E-state index contributed by atoms with van der Waals surface area (Å²) in [5.74, 6) is -0.231. The first-order chi connectivity index (χ1) is 8.36. The molecule has 0 radical (unpaired) electrons. The molecule has 0 aliphatic heterocycles. The molecule has 0 saturated heterocycles. The fraction of sp³-hybridized carbons (Fsp3) is 0.417. The molecule has 0 saturated carbocycles. The lowest BCUT2D eigenvalue weighted by Gasteiger charge is -2.18. The van der Waals surface area contributed by atoms with E-state index in [0.717, 1.165) is 6.42 Å². The number of nitrogens with two attached hydrogens (primary N) is 1. The normalized spacial score (nSPS) is 14.1. The number of hydrogen-bond donors (Lipinski definition) is 2. The van der Waals surface area contributed by atoms with Crippen LogP contribution in [0.25, 0.3) is 0 Å². The first kappa shape index (κ1) is 15.6. The van der Waals surface area contributed by atoms with Crippen molar-refractivity contribution in [1.82, 2.24) is 0 Å². The van der Waals surface area contributed by atoms with E-state index >= 15 is 0 Å². The zero-order chi connectivity index (χ0) is 13.9. The number of benzene rings is 1. The van der Waals surface area contributed by atoms with Crippen LogP contribution in [0, 0.1) is 5.92 Å². The van der Waals surface area contributed by atoms with Crippen LogP contribution in [0.1, 0.15) is 20.3 Å². The SMILES string of the molecule is CC[C@H](C)[C@H](N)C(=O)Nc1c(Cl)cc(Cl)cc1Cl. The van der Waals surface area contributed by atoms with E-state index in [1.54, 1.807) is 0 Å². The minimum absolute atomic E-state index is 0.0786. The third-order valence-corrected chi connectivity index (χ3v) is 3.63. The lowest BCUT2D eigenvalue weighted by molar-refractivity contribution is -0.118. The quantitative estimate of drug-likeness (QED) is 0.884. The van der Waals surface area contributed by atoms with Crippen LogP contribution in [-0.2, 0) is 4.79 Å². The van der Waals surface area contributed by atoms with Crippen LogP contribution in [0.2, 0.25) is 15.1 Å². The molecule has 6 heteroatoms. The highest BCUT2D eigenvalue weighted by Crippen LogP contribution is 2.33. The highest BCUT2D eigenvalue weighted by molar-refractivity contribution is 6.42. The van der Waals surface area contributed by atoms with E-state index in [1.165, 1.54) is 12.1 Å². The molecule has 0 unspecified atom stereocenters. The van der Waals surface area contributed by atoms with Gasteiger partial charge in [0, 0.05) is 5.02 Å². The van der Waals surface area contributed by atoms with Gasteiger partial charge in [-0.25, -0.2) is 0 Å². The van der Waals surface area contributed by atoms with Gasteiger partial charge < -0.3 is 11.1 Å². The molecule has 0 aromatic heterocycles. The van der Waals surface area contributed by atoms with E-state index in [-0.39, 0.29) is 21.9 Å². The van der Waals surface area contributed by atoms with Crippen molar-refractivity contribution in [2.24, 2.45) is 11.7 Å². The Balaban J connectivity index is 2.89. The molecule has 2 atom stereocenters. The van der Waals surface area contributed by atoms with Gasteiger partial charge in [-0.2, -0.15) is 0 Å². The molecular weight excluding hydrogens is 295 g/mol. The second-order valence-corrected chi connectivity index (χ2v) is 5.40. The molecule has 3 N–H and O–H groups in total. The van der Waals surface area contributed by atoms with Gasteiger partial charge in [0.15, 0.2) is 0 Å². The Kier molecular flexibility index (Phi) is 5.73. The Morgan fingerprint density at radius 1 is 1.33 bits per heavy atom. The number of halogens is 3. The second-order valence-electron chi connectivity index (χ2n) is 4.15. The molecule has 1 rings (SSSR count). The van der Waals surface area contributed by atoms with Crippen molar-refractivity contribution in [3.8, 4) is 0 Å². The molecule has 100 valence electrons. The van der Waals surface area contributed by atoms with Crippen LogP contribution in [-0.4, -0.2) is 11.9 Å². The lowest BCUT2D eigenvalue weighted by atomic mass is 9.99. The Morgan fingerprint density at radius 3 is 2.28 bits per heavy atom. The second kappa shape index (κ2) is 6.62. The molecular formula is C12H15Cl3N2O. The third-order valence-electron chi connectivity index (χ3n) is 2.81. The van der Waals surface area contributed by atoms with Gasteiger partial charge in [-0.15, -0.1) is 0 Å². The van der Waals surface area contributed by atoms with Gasteiger partial charge in [0.25, 0.3) is 0 Å². The number of anilines is 1. The summed E-state index contributed by atoms with van der Waals surface area (Å²) in [4.78, 5) is 11.9. The standard InChI is InChI=1S/C12H15Cl3N2O/c1-3-6(2)10(16)12(18)17-11-8(14)4-7(13)5-9(11)15/h4-6,10H,3,16H2,1-2H3,(H,17,18)/t6-,10-/m0/s1. The first-order valence-corrected chi connectivity index (χ1v) is 6.71. The van der Waals surface area contributed by atoms with Gasteiger partial charge in [-0.1, -0.05) is 55.1 Å².